The Hall–Kier alpha value is -1.14. The van der Waals surface area contributed by atoms with Gasteiger partial charge in [0.05, 0.1) is 0 Å². The lowest BCUT2D eigenvalue weighted by Gasteiger charge is -2.26. The summed E-state index contributed by atoms with van der Waals surface area (Å²) < 4.78 is 0. The van der Waals surface area contributed by atoms with Gasteiger partial charge in [0, 0.05) is 19.6 Å². The van der Waals surface area contributed by atoms with Gasteiger partial charge < -0.3 is 15.5 Å². The molecule has 0 aromatic carbocycles. The first-order valence-electron chi connectivity index (χ1n) is 7.39. The molecule has 2 heterocycles. The van der Waals surface area contributed by atoms with Gasteiger partial charge in [-0.1, -0.05) is 13.3 Å². The predicted molar refractivity (Wildman–Crippen MR) is 82.4 cm³/mol. The highest BCUT2D eigenvalue weighted by Gasteiger charge is 2.10. The van der Waals surface area contributed by atoms with Gasteiger partial charge in [-0.15, -0.1) is 0 Å². The third-order valence-electron chi connectivity index (χ3n) is 3.30. The molecule has 0 aliphatic carbocycles. The molecule has 0 amide bonds. The molecule has 1 fully saturated rings. The average molecular weight is 299 g/mol. The fourth-order valence-corrected chi connectivity index (χ4v) is 2.41. The first-order valence-corrected chi connectivity index (χ1v) is 7.77. The van der Waals surface area contributed by atoms with Crippen molar-refractivity contribution < 1.29 is 0 Å². The summed E-state index contributed by atoms with van der Waals surface area (Å²) in [6.07, 6.45) is 4.99. The first-order chi connectivity index (χ1) is 9.78. The van der Waals surface area contributed by atoms with Gasteiger partial charge in [-0.25, -0.2) is 0 Å². The second kappa shape index (κ2) is 8.21. The molecule has 1 aliphatic heterocycles. The Morgan fingerprint density at radius 1 is 1.00 bits per heavy atom. The molecule has 1 aromatic rings. The molecule has 20 heavy (non-hydrogen) atoms. The Morgan fingerprint density at radius 2 is 1.65 bits per heavy atom. The van der Waals surface area contributed by atoms with Crippen molar-refractivity contribution in [3.63, 3.8) is 0 Å². The molecule has 0 spiro atoms. The first kappa shape index (κ1) is 15.3. The molecule has 0 saturated carbocycles. The van der Waals surface area contributed by atoms with Crippen LogP contribution in [0, 0.1) is 0 Å². The summed E-state index contributed by atoms with van der Waals surface area (Å²) >= 11 is 5.90. The van der Waals surface area contributed by atoms with Crippen LogP contribution in [0.3, 0.4) is 0 Å². The smallest absolute Gasteiger partial charge is 0.228 e. The molecular formula is C13H23ClN6. The largest absolute Gasteiger partial charge is 0.354 e. The SMILES string of the molecule is CCCNc1nc(Cl)nc(NCCN2CCCCC2)n1. The number of nitrogens with one attached hydrogen (secondary N) is 2. The number of hydrogen-bond acceptors (Lipinski definition) is 6. The summed E-state index contributed by atoms with van der Waals surface area (Å²) in [7, 11) is 0. The van der Waals surface area contributed by atoms with E-state index in [1.807, 2.05) is 0 Å². The van der Waals surface area contributed by atoms with Crippen molar-refractivity contribution in [1.29, 1.82) is 0 Å². The van der Waals surface area contributed by atoms with Crippen LogP contribution in [-0.2, 0) is 0 Å². The lowest BCUT2D eigenvalue weighted by atomic mass is 10.1. The van der Waals surface area contributed by atoms with Crippen LogP contribution >= 0.6 is 11.6 Å². The van der Waals surface area contributed by atoms with E-state index in [-0.39, 0.29) is 5.28 Å². The highest BCUT2D eigenvalue weighted by molar-refractivity contribution is 6.28. The van der Waals surface area contributed by atoms with E-state index < -0.39 is 0 Å². The Bertz CT molecular complexity index is 408. The molecule has 2 rings (SSSR count). The van der Waals surface area contributed by atoms with Gasteiger partial charge in [0.2, 0.25) is 17.2 Å². The third-order valence-corrected chi connectivity index (χ3v) is 3.47. The van der Waals surface area contributed by atoms with Gasteiger partial charge in [-0.3, -0.25) is 0 Å². The van der Waals surface area contributed by atoms with E-state index in [0.29, 0.717) is 11.9 Å². The monoisotopic (exact) mass is 298 g/mol. The minimum Gasteiger partial charge on any atom is -0.354 e. The maximum absolute atomic E-state index is 5.90. The Labute approximate surface area is 125 Å². The third kappa shape index (κ3) is 5.09. The summed E-state index contributed by atoms with van der Waals surface area (Å²) in [4.78, 5) is 14.9. The topological polar surface area (TPSA) is 66.0 Å². The van der Waals surface area contributed by atoms with Crippen molar-refractivity contribution in [2.75, 3.05) is 43.4 Å². The van der Waals surface area contributed by atoms with Gasteiger partial charge in [-0.05, 0) is 44.0 Å². The van der Waals surface area contributed by atoms with E-state index in [9.17, 15) is 0 Å². The number of nitrogens with zero attached hydrogens (tertiary/aromatic N) is 4. The number of anilines is 2. The summed E-state index contributed by atoms with van der Waals surface area (Å²) in [6, 6.07) is 0. The molecule has 0 radical (unpaired) electrons. The van der Waals surface area contributed by atoms with Crippen molar-refractivity contribution in [3.8, 4) is 0 Å². The zero-order valence-electron chi connectivity index (χ0n) is 12.0. The Balaban J connectivity index is 1.80. The van der Waals surface area contributed by atoms with Crippen LogP contribution < -0.4 is 10.6 Å². The summed E-state index contributed by atoms with van der Waals surface area (Å²) in [6.45, 7) is 7.15. The zero-order chi connectivity index (χ0) is 14.2. The fourth-order valence-electron chi connectivity index (χ4n) is 2.25. The van der Waals surface area contributed by atoms with E-state index in [1.165, 1.54) is 32.4 Å². The molecule has 1 saturated heterocycles. The molecule has 6 nitrogen and oxygen atoms in total. The maximum Gasteiger partial charge on any atom is 0.228 e. The lowest BCUT2D eigenvalue weighted by Crippen LogP contribution is -2.33. The molecule has 0 atom stereocenters. The number of piperidine rings is 1. The molecule has 1 aromatic heterocycles. The van der Waals surface area contributed by atoms with Gasteiger partial charge in [0.25, 0.3) is 0 Å². The molecule has 0 bridgehead atoms. The second-order valence-corrected chi connectivity index (χ2v) is 5.35. The maximum atomic E-state index is 5.90. The standard InChI is InChI=1S/C13H23ClN6/c1-2-6-15-12-17-11(14)18-13(19-12)16-7-10-20-8-4-3-5-9-20/h2-10H2,1H3,(H2,15,16,17,18,19). The fraction of sp³-hybridized carbons (Fsp3) is 0.769. The van der Waals surface area contributed by atoms with Gasteiger partial charge in [0.15, 0.2) is 0 Å². The van der Waals surface area contributed by atoms with Crippen LogP contribution in [0.25, 0.3) is 0 Å². The minimum absolute atomic E-state index is 0.221. The normalized spacial score (nSPS) is 16.1. The average Bonchev–Trinajstić information content (AvgIpc) is 2.46. The molecule has 1 aliphatic rings. The summed E-state index contributed by atoms with van der Waals surface area (Å²) in [5, 5.41) is 6.56. The predicted octanol–water partition coefficient (Wildman–Crippen LogP) is 2.24. The lowest BCUT2D eigenvalue weighted by molar-refractivity contribution is 0.237. The minimum atomic E-state index is 0.221. The van der Waals surface area contributed by atoms with Gasteiger partial charge in [0.1, 0.15) is 0 Å². The number of rotatable bonds is 7. The Morgan fingerprint density at radius 3 is 2.30 bits per heavy atom. The molecule has 7 heteroatoms. The molecule has 2 N–H and O–H groups in total. The summed E-state index contributed by atoms with van der Waals surface area (Å²) in [5.41, 5.74) is 0. The van der Waals surface area contributed by atoms with Crippen molar-refractivity contribution in [2.24, 2.45) is 0 Å². The number of aromatic nitrogens is 3. The summed E-state index contributed by atoms with van der Waals surface area (Å²) in [5.74, 6) is 1.08. The quantitative estimate of drug-likeness (QED) is 0.805. The van der Waals surface area contributed by atoms with Crippen LogP contribution in [0.2, 0.25) is 5.28 Å². The van der Waals surface area contributed by atoms with Crippen LogP contribution in [0.15, 0.2) is 0 Å². The van der Waals surface area contributed by atoms with Crippen molar-refractivity contribution in [2.45, 2.75) is 32.6 Å². The Kier molecular flexibility index (Phi) is 6.26. The number of hydrogen-bond donors (Lipinski definition) is 2. The van der Waals surface area contributed by atoms with E-state index in [2.05, 4.69) is 37.4 Å². The van der Waals surface area contributed by atoms with Crippen LogP contribution in [0.5, 0.6) is 0 Å². The molecule has 0 unspecified atom stereocenters. The number of halogens is 1. The van der Waals surface area contributed by atoms with Crippen LogP contribution in [0.1, 0.15) is 32.6 Å². The van der Waals surface area contributed by atoms with Crippen molar-refractivity contribution in [1.82, 2.24) is 19.9 Å². The van der Waals surface area contributed by atoms with Crippen molar-refractivity contribution in [3.05, 3.63) is 5.28 Å². The van der Waals surface area contributed by atoms with E-state index in [1.54, 1.807) is 0 Å². The highest BCUT2D eigenvalue weighted by atomic mass is 35.5. The highest BCUT2D eigenvalue weighted by Crippen LogP contribution is 2.10. The van der Waals surface area contributed by atoms with Crippen molar-refractivity contribution >= 4 is 23.5 Å². The number of likely N-dealkylation sites (tertiary alicyclic amines) is 1. The van der Waals surface area contributed by atoms with Gasteiger partial charge >= 0.3 is 0 Å². The van der Waals surface area contributed by atoms with Crippen LogP contribution in [-0.4, -0.2) is 52.6 Å². The molecular weight excluding hydrogens is 276 g/mol. The molecule has 112 valence electrons. The van der Waals surface area contributed by atoms with Gasteiger partial charge in [-0.2, -0.15) is 15.0 Å². The zero-order valence-corrected chi connectivity index (χ0v) is 12.8. The second-order valence-electron chi connectivity index (χ2n) is 5.01. The van der Waals surface area contributed by atoms with Crippen LogP contribution in [0.4, 0.5) is 11.9 Å². The van der Waals surface area contributed by atoms with E-state index in [0.717, 1.165) is 26.1 Å². The van der Waals surface area contributed by atoms with E-state index >= 15 is 0 Å². The van der Waals surface area contributed by atoms with E-state index in [4.69, 9.17) is 11.6 Å².